The maximum Gasteiger partial charge on any atom is 0.248 e. The molecule has 0 aliphatic rings. The van der Waals surface area contributed by atoms with Gasteiger partial charge in [-0.1, -0.05) is 212 Å². The number of hydrogen-bond donors (Lipinski definition) is 0. The van der Waals surface area contributed by atoms with Crippen molar-refractivity contribution in [3.8, 4) is 101 Å². The van der Waals surface area contributed by atoms with E-state index in [9.17, 15) is 0 Å². The van der Waals surface area contributed by atoms with Crippen molar-refractivity contribution in [2.24, 2.45) is 0 Å². The highest BCUT2D eigenvalue weighted by molar-refractivity contribution is 5.92. The Hall–Kier alpha value is -9.64. The molecule has 0 saturated carbocycles. The summed E-state index contributed by atoms with van der Waals surface area (Å²) in [5, 5.41) is 8.67. The summed E-state index contributed by atoms with van der Waals surface area (Å²) in [5.41, 5.74) is 21.3. The van der Waals surface area contributed by atoms with Gasteiger partial charge >= 0.3 is 0 Å². The lowest BCUT2D eigenvalue weighted by Crippen LogP contribution is -2.09. The van der Waals surface area contributed by atoms with E-state index >= 15 is 0 Å². The van der Waals surface area contributed by atoms with Crippen LogP contribution >= 0.6 is 0 Å². The van der Waals surface area contributed by atoms with Gasteiger partial charge in [-0.25, -0.2) is 0 Å². The van der Waals surface area contributed by atoms with E-state index in [0.717, 1.165) is 72.7 Å². The van der Waals surface area contributed by atoms with Crippen molar-refractivity contribution in [2.45, 2.75) is 0 Å². The van der Waals surface area contributed by atoms with Gasteiger partial charge in [0.25, 0.3) is 0 Å². The minimum Gasteiger partial charge on any atom is -0.416 e. The van der Waals surface area contributed by atoms with E-state index in [0.29, 0.717) is 11.8 Å². The molecule has 0 N–H and O–H groups in total. The molecule has 1 heterocycles. The normalized spacial score (nSPS) is 11.1. The molecule has 4 heteroatoms. The van der Waals surface area contributed by atoms with Crippen LogP contribution in [0, 0.1) is 0 Å². The van der Waals surface area contributed by atoms with Gasteiger partial charge in [0, 0.05) is 28.2 Å². The summed E-state index contributed by atoms with van der Waals surface area (Å²) < 4.78 is 6.08. The largest absolute Gasteiger partial charge is 0.416 e. The number of anilines is 3. The lowest BCUT2D eigenvalue weighted by molar-refractivity contribution is 0.584. The third kappa shape index (κ3) is 9.04. The first-order chi connectivity index (χ1) is 35.7. The van der Waals surface area contributed by atoms with E-state index in [1.807, 2.05) is 30.3 Å². The first-order valence-corrected chi connectivity index (χ1v) is 24.3. The molecule has 0 unspecified atom stereocenters. The van der Waals surface area contributed by atoms with Crippen LogP contribution in [0.4, 0.5) is 17.1 Å². The molecule has 0 aliphatic carbocycles. The van der Waals surface area contributed by atoms with Gasteiger partial charge in [0.05, 0.1) is 0 Å². The average molecular weight is 922 g/mol. The third-order valence-electron chi connectivity index (χ3n) is 13.3. The number of aromatic nitrogens is 2. The molecule has 72 heavy (non-hydrogen) atoms. The Morgan fingerprint density at radius 2 is 0.472 bits per heavy atom. The molecular weight excluding hydrogens is 875 g/mol. The molecule has 340 valence electrons. The first-order valence-electron chi connectivity index (χ1n) is 24.3. The average Bonchev–Trinajstić information content (AvgIpc) is 3.98. The fourth-order valence-corrected chi connectivity index (χ4v) is 9.63. The second-order valence-corrected chi connectivity index (χ2v) is 17.8. The first kappa shape index (κ1) is 43.6. The van der Waals surface area contributed by atoms with E-state index in [-0.39, 0.29) is 0 Å². The molecule has 0 saturated heterocycles. The Bertz CT molecular complexity index is 3630. The van der Waals surface area contributed by atoms with Gasteiger partial charge in [0.2, 0.25) is 11.8 Å². The van der Waals surface area contributed by atoms with E-state index in [1.54, 1.807) is 0 Å². The van der Waals surface area contributed by atoms with Crippen molar-refractivity contribution in [1.29, 1.82) is 0 Å². The van der Waals surface area contributed by atoms with Gasteiger partial charge in [-0.3, -0.25) is 0 Å². The number of hydrogen-bond acceptors (Lipinski definition) is 4. The van der Waals surface area contributed by atoms with E-state index in [4.69, 9.17) is 4.42 Å². The fourth-order valence-electron chi connectivity index (χ4n) is 9.63. The van der Waals surface area contributed by atoms with Gasteiger partial charge in [0.15, 0.2) is 0 Å². The molecule has 0 spiro atoms. The zero-order valence-electron chi connectivity index (χ0n) is 39.4. The van der Waals surface area contributed by atoms with Crippen LogP contribution in [0.15, 0.2) is 290 Å². The third-order valence-corrected chi connectivity index (χ3v) is 13.3. The van der Waals surface area contributed by atoms with Crippen LogP contribution < -0.4 is 4.90 Å². The van der Waals surface area contributed by atoms with Crippen LogP contribution in [-0.4, -0.2) is 10.2 Å². The molecule has 1 aromatic heterocycles. The monoisotopic (exact) mass is 921 g/mol. The zero-order chi connectivity index (χ0) is 48.1. The molecule has 4 nitrogen and oxygen atoms in total. The minimum absolute atomic E-state index is 0.490. The van der Waals surface area contributed by atoms with Crippen LogP contribution in [0.5, 0.6) is 0 Å². The highest BCUT2D eigenvalue weighted by atomic mass is 16.4. The molecule has 0 fully saturated rings. The topological polar surface area (TPSA) is 42.2 Å². The van der Waals surface area contributed by atoms with Crippen molar-refractivity contribution in [2.75, 3.05) is 4.90 Å². The summed E-state index contributed by atoms with van der Waals surface area (Å²) in [4.78, 5) is 2.35. The highest BCUT2D eigenvalue weighted by Crippen LogP contribution is 2.42. The van der Waals surface area contributed by atoms with Gasteiger partial charge in [-0.05, 0) is 151 Å². The van der Waals surface area contributed by atoms with Crippen molar-refractivity contribution in [1.82, 2.24) is 10.2 Å². The molecule has 11 aromatic carbocycles. The van der Waals surface area contributed by atoms with Gasteiger partial charge < -0.3 is 9.32 Å². The van der Waals surface area contributed by atoms with Crippen LogP contribution in [0.3, 0.4) is 0 Å². The van der Waals surface area contributed by atoms with Gasteiger partial charge in [-0.15, -0.1) is 10.2 Å². The summed E-state index contributed by atoms with van der Waals surface area (Å²) in [6, 6.07) is 101. The lowest BCUT2D eigenvalue weighted by atomic mass is 9.89. The van der Waals surface area contributed by atoms with E-state index < -0.39 is 0 Å². The Morgan fingerprint density at radius 3 is 0.861 bits per heavy atom. The molecular formula is C68H47N3O. The molecule has 0 amide bonds. The van der Waals surface area contributed by atoms with Gasteiger partial charge in [0.1, 0.15) is 0 Å². The molecule has 0 atom stereocenters. The predicted molar refractivity (Wildman–Crippen MR) is 298 cm³/mol. The second-order valence-electron chi connectivity index (χ2n) is 17.8. The van der Waals surface area contributed by atoms with Crippen molar-refractivity contribution in [3.05, 3.63) is 285 Å². The summed E-state index contributed by atoms with van der Waals surface area (Å²) in [6.07, 6.45) is 0. The number of nitrogens with zero attached hydrogens (tertiary/aromatic N) is 3. The van der Waals surface area contributed by atoms with Crippen LogP contribution in [0.1, 0.15) is 0 Å². The van der Waals surface area contributed by atoms with Crippen LogP contribution in [0.2, 0.25) is 0 Å². The minimum atomic E-state index is 0.490. The lowest BCUT2D eigenvalue weighted by Gasteiger charge is -2.26. The van der Waals surface area contributed by atoms with Crippen molar-refractivity contribution < 1.29 is 4.42 Å². The summed E-state index contributed by atoms with van der Waals surface area (Å²) >= 11 is 0. The van der Waals surface area contributed by atoms with Crippen LogP contribution in [-0.2, 0) is 0 Å². The molecule has 0 bridgehead atoms. The smallest absolute Gasteiger partial charge is 0.248 e. The van der Waals surface area contributed by atoms with Crippen molar-refractivity contribution >= 4 is 17.1 Å². The predicted octanol–water partition coefficient (Wildman–Crippen LogP) is 18.5. The van der Waals surface area contributed by atoms with E-state index in [2.05, 4.69) is 270 Å². The molecule has 12 rings (SSSR count). The molecule has 0 radical (unpaired) electrons. The Kier molecular flexibility index (Phi) is 12.0. The molecule has 0 aliphatic heterocycles. The van der Waals surface area contributed by atoms with Crippen molar-refractivity contribution in [3.63, 3.8) is 0 Å². The SMILES string of the molecule is c1ccc(-c2cccc(-c3ccc(N(c4ccc(-c5cccc(-c6ccccc6)c5)cc4)c4ccc(-c5ccccc5-c5ccccc5-c5ccc(-c6nnc(-c7ccccc7)o6)cc5)cc4)cc3)c2)cc1. The highest BCUT2D eigenvalue weighted by Gasteiger charge is 2.18. The maximum atomic E-state index is 6.08. The Balaban J connectivity index is 0.868. The van der Waals surface area contributed by atoms with Crippen LogP contribution in [0.25, 0.3) is 101 Å². The number of benzene rings is 11. The Morgan fingerprint density at radius 1 is 0.208 bits per heavy atom. The molecule has 12 aromatic rings. The van der Waals surface area contributed by atoms with E-state index in [1.165, 1.54) is 33.4 Å². The quantitative estimate of drug-likeness (QED) is 0.122. The summed E-state index contributed by atoms with van der Waals surface area (Å²) in [6.45, 7) is 0. The maximum absolute atomic E-state index is 6.08. The standard InChI is InChI=1S/C68H47N3O/c1-4-16-48(17-5-1)56-22-14-24-58(46-56)50-34-40-60(41-35-50)71(61-42-36-51(37-43-61)59-25-15-23-57(47-59)49-18-6-2-7-19-49)62-44-38-53(39-45-62)64-27-11-13-29-66(64)65-28-12-10-26-63(65)52-30-32-55(33-31-52)68-70-69-67(72-68)54-20-8-3-9-21-54/h1-47H. The zero-order valence-corrected chi connectivity index (χ0v) is 39.4. The van der Waals surface area contributed by atoms with Gasteiger partial charge in [-0.2, -0.15) is 0 Å². The summed E-state index contributed by atoms with van der Waals surface area (Å²) in [7, 11) is 0. The number of rotatable bonds is 12. The second kappa shape index (κ2) is 19.8. The Labute approximate surface area is 420 Å². The fraction of sp³-hybridized carbons (Fsp3) is 0. The summed E-state index contributed by atoms with van der Waals surface area (Å²) in [5.74, 6) is 0.994.